The Kier molecular flexibility index (Phi) is 7.46. The third-order valence-electron chi connectivity index (χ3n) is 2.70. The summed E-state index contributed by atoms with van der Waals surface area (Å²) in [6, 6.07) is 7.87. The van der Waals surface area contributed by atoms with Crippen LogP contribution in [0.4, 0.5) is 0 Å². The number of hydrogen-bond acceptors (Lipinski definition) is 3. The van der Waals surface area contributed by atoms with E-state index in [0.29, 0.717) is 19.8 Å². The Balaban J connectivity index is 2.06. The molecule has 0 fully saturated rings. The molecule has 0 aliphatic carbocycles. The van der Waals surface area contributed by atoms with Gasteiger partial charge in [0, 0.05) is 13.2 Å². The summed E-state index contributed by atoms with van der Waals surface area (Å²) < 4.78 is 11.1. The van der Waals surface area contributed by atoms with Crippen molar-refractivity contribution >= 4 is 0 Å². The fraction of sp³-hybridized carbons (Fsp3) is 0.600. The number of ether oxygens (including phenoxy) is 2. The molecule has 0 spiro atoms. The van der Waals surface area contributed by atoms with Crippen molar-refractivity contribution in [3.63, 3.8) is 0 Å². The van der Waals surface area contributed by atoms with Crippen molar-refractivity contribution in [1.82, 2.24) is 0 Å². The highest BCUT2D eigenvalue weighted by Crippen LogP contribution is 2.12. The fourth-order valence-electron chi connectivity index (χ4n) is 1.68. The molecule has 0 saturated carbocycles. The number of rotatable bonds is 9. The highest BCUT2D eigenvalue weighted by atomic mass is 16.5. The van der Waals surface area contributed by atoms with Gasteiger partial charge < -0.3 is 15.2 Å². The Bertz CT molecular complexity index is 326. The maximum atomic E-state index is 5.60. The Morgan fingerprint density at radius 1 is 1.17 bits per heavy atom. The molecule has 0 radical (unpaired) electrons. The first-order chi connectivity index (χ1) is 8.72. The van der Waals surface area contributed by atoms with Gasteiger partial charge in [-0.25, -0.2) is 0 Å². The lowest BCUT2D eigenvalue weighted by Crippen LogP contribution is -2.08. The molecule has 1 rings (SSSR count). The Morgan fingerprint density at radius 2 is 2.00 bits per heavy atom. The maximum absolute atomic E-state index is 5.60. The van der Waals surface area contributed by atoms with Crippen molar-refractivity contribution in [2.75, 3.05) is 19.8 Å². The summed E-state index contributed by atoms with van der Waals surface area (Å²) in [5.74, 6) is 1.62. The van der Waals surface area contributed by atoms with Gasteiger partial charge in [-0.15, -0.1) is 0 Å². The Hall–Kier alpha value is -1.06. The molecule has 102 valence electrons. The number of benzene rings is 1. The summed E-state index contributed by atoms with van der Waals surface area (Å²) in [7, 11) is 0. The van der Waals surface area contributed by atoms with Crippen LogP contribution in [0.1, 0.15) is 32.3 Å². The fourth-order valence-corrected chi connectivity index (χ4v) is 1.68. The van der Waals surface area contributed by atoms with Gasteiger partial charge in [0.2, 0.25) is 0 Å². The Morgan fingerprint density at radius 3 is 2.72 bits per heavy atom. The molecule has 0 amide bonds. The molecular weight excluding hydrogens is 226 g/mol. The molecule has 0 aliphatic heterocycles. The minimum absolute atomic E-state index is 0.545. The summed E-state index contributed by atoms with van der Waals surface area (Å²) in [4.78, 5) is 0. The average Bonchev–Trinajstić information content (AvgIpc) is 2.37. The smallest absolute Gasteiger partial charge is 0.119 e. The van der Waals surface area contributed by atoms with Crippen LogP contribution in [0.25, 0.3) is 0 Å². The zero-order valence-corrected chi connectivity index (χ0v) is 11.5. The van der Waals surface area contributed by atoms with Crippen LogP contribution in [0.3, 0.4) is 0 Å². The number of nitrogens with two attached hydrogens (primary N) is 1. The zero-order valence-electron chi connectivity index (χ0n) is 11.5. The molecule has 3 nitrogen and oxygen atoms in total. The lowest BCUT2D eigenvalue weighted by Gasteiger charge is -2.08. The molecular formula is C15H25NO2. The van der Waals surface area contributed by atoms with E-state index in [1.165, 1.54) is 6.42 Å². The highest BCUT2D eigenvalue weighted by Gasteiger charge is 1.97. The quantitative estimate of drug-likeness (QED) is 0.686. The first-order valence-corrected chi connectivity index (χ1v) is 6.72. The van der Waals surface area contributed by atoms with E-state index in [4.69, 9.17) is 15.2 Å². The van der Waals surface area contributed by atoms with Gasteiger partial charge in [0.25, 0.3) is 0 Å². The van der Waals surface area contributed by atoms with Crippen LogP contribution in [0, 0.1) is 5.92 Å². The van der Waals surface area contributed by atoms with Crippen LogP contribution in [0.15, 0.2) is 24.3 Å². The molecule has 1 aromatic carbocycles. The van der Waals surface area contributed by atoms with Gasteiger partial charge in [-0.2, -0.15) is 0 Å². The molecule has 0 aliphatic rings. The van der Waals surface area contributed by atoms with E-state index >= 15 is 0 Å². The molecule has 1 aromatic rings. The summed E-state index contributed by atoms with van der Waals surface area (Å²) in [6.07, 6.45) is 2.35. The molecule has 0 saturated heterocycles. The van der Waals surface area contributed by atoms with Crippen LogP contribution < -0.4 is 10.5 Å². The van der Waals surface area contributed by atoms with Crippen LogP contribution in [-0.4, -0.2) is 19.8 Å². The van der Waals surface area contributed by atoms with Crippen molar-refractivity contribution in [2.45, 2.75) is 33.2 Å². The van der Waals surface area contributed by atoms with Crippen LogP contribution in [-0.2, 0) is 11.3 Å². The summed E-state index contributed by atoms with van der Waals surface area (Å²) in [6.45, 7) is 7.06. The van der Waals surface area contributed by atoms with Crippen LogP contribution in [0.2, 0.25) is 0 Å². The van der Waals surface area contributed by atoms with Gasteiger partial charge in [0.05, 0.1) is 6.61 Å². The largest absolute Gasteiger partial charge is 0.491 e. The van der Waals surface area contributed by atoms with E-state index in [9.17, 15) is 0 Å². The van der Waals surface area contributed by atoms with E-state index < -0.39 is 0 Å². The highest BCUT2D eigenvalue weighted by molar-refractivity contribution is 5.28. The summed E-state index contributed by atoms with van der Waals surface area (Å²) in [5, 5.41) is 0. The third-order valence-corrected chi connectivity index (χ3v) is 2.70. The van der Waals surface area contributed by atoms with Gasteiger partial charge in [-0.1, -0.05) is 26.0 Å². The predicted octanol–water partition coefficient (Wildman–Crippen LogP) is 2.98. The van der Waals surface area contributed by atoms with Crippen molar-refractivity contribution in [3.05, 3.63) is 29.8 Å². The van der Waals surface area contributed by atoms with E-state index in [-0.39, 0.29) is 0 Å². The first-order valence-electron chi connectivity index (χ1n) is 6.72. The second-order valence-corrected chi connectivity index (χ2v) is 4.85. The second kappa shape index (κ2) is 8.95. The molecule has 0 heterocycles. The zero-order chi connectivity index (χ0) is 13.2. The molecule has 2 N–H and O–H groups in total. The second-order valence-electron chi connectivity index (χ2n) is 4.85. The van der Waals surface area contributed by atoms with Gasteiger partial charge in [0.1, 0.15) is 12.4 Å². The molecule has 0 bridgehead atoms. The summed E-state index contributed by atoms with van der Waals surface area (Å²) in [5.41, 5.74) is 6.66. The van der Waals surface area contributed by atoms with Crippen molar-refractivity contribution in [1.29, 1.82) is 0 Å². The summed E-state index contributed by atoms with van der Waals surface area (Å²) >= 11 is 0. The lowest BCUT2D eigenvalue weighted by molar-refractivity contribution is 0.0957. The van der Waals surface area contributed by atoms with Crippen molar-refractivity contribution in [3.8, 4) is 5.75 Å². The van der Waals surface area contributed by atoms with Gasteiger partial charge in [-0.3, -0.25) is 0 Å². The number of hydrogen-bond donors (Lipinski definition) is 1. The average molecular weight is 251 g/mol. The molecule has 0 aromatic heterocycles. The van der Waals surface area contributed by atoms with Gasteiger partial charge in [0.15, 0.2) is 0 Å². The molecule has 18 heavy (non-hydrogen) atoms. The van der Waals surface area contributed by atoms with Crippen LogP contribution >= 0.6 is 0 Å². The monoisotopic (exact) mass is 251 g/mol. The van der Waals surface area contributed by atoms with Gasteiger partial charge >= 0.3 is 0 Å². The maximum Gasteiger partial charge on any atom is 0.119 e. The van der Waals surface area contributed by atoms with E-state index in [1.807, 2.05) is 24.3 Å². The molecule has 0 unspecified atom stereocenters. The molecule has 0 atom stereocenters. The van der Waals surface area contributed by atoms with Crippen LogP contribution in [0.5, 0.6) is 5.75 Å². The topological polar surface area (TPSA) is 44.5 Å². The van der Waals surface area contributed by atoms with Crippen molar-refractivity contribution in [2.24, 2.45) is 11.7 Å². The van der Waals surface area contributed by atoms with E-state index in [2.05, 4.69) is 13.8 Å². The first kappa shape index (κ1) is 15.0. The molecule has 3 heteroatoms. The standard InChI is InChI=1S/C15H25NO2/c1-13(2)5-4-8-17-9-10-18-15-7-3-6-14(11-15)12-16/h3,6-7,11,13H,4-5,8-10,12,16H2,1-2H3. The van der Waals surface area contributed by atoms with Crippen molar-refractivity contribution < 1.29 is 9.47 Å². The van der Waals surface area contributed by atoms with E-state index in [1.54, 1.807) is 0 Å². The SMILES string of the molecule is CC(C)CCCOCCOc1cccc(CN)c1. The van der Waals surface area contributed by atoms with E-state index in [0.717, 1.165) is 30.3 Å². The third kappa shape index (κ3) is 6.62. The predicted molar refractivity (Wildman–Crippen MR) is 74.7 cm³/mol. The minimum Gasteiger partial charge on any atom is -0.491 e. The lowest BCUT2D eigenvalue weighted by atomic mass is 10.1. The Labute approximate surface area is 110 Å². The van der Waals surface area contributed by atoms with Gasteiger partial charge in [-0.05, 0) is 36.5 Å². The normalized spacial score (nSPS) is 10.9. The minimum atomic E-state index is 0.545.